The SMILES string of the molecule is CC(NC(=O)N1CCN(c2ccc(Cl)cc2)CC1)C(=O)Nc1nncs1. The Morgan fingerprint density at radius 1 is 1.19 bits per heavy atom. The minimum atomic E-state index is -0.666. The lowest BCUT2D eigenvalue weighted by molar-refractivity contribution is -0.117. The number of carbonyl (C=O) groups excluding carboxylic acids is 2. The Kier molecular flexibility index (Phi) is 5.89. The molecule has 26 heavy (non-hydrogen) atoms. The van der Waals surface area contributed by atoms with E-state index in [0.29, 0.717) is 23.2 Å². The van der Waals surface area contributed by atoms with Crippen LogP contribution in [-0.4, -0.2) is 59.3 Å². The Hall–Kier alpha value is -2.39. The van der Waals surface area contributed by atoms with Gasteiger partial charge in [-0.1, -0.05) is 22.9 Å². The van der Waals surface area contributed by atoms with Crippen LogP contribution in [0.1, 0.15) is 6.92 Å². The fourth-order valence-corrected chi connectivity index (χ4v) is 3.18. The molecule has 1 aromatic heterocycles. The van der Waals surface area contributed by atoms with Gasteiger partial charge < -0.3 is 15.1 Å². The fourth-order valence-electron chi connectivity index (χ4n) is 2.60. The maximum absolute atomic E-state index is 12.4. The van der Waals surface area contributed by atoms with Crippen molar-refractivity contribution in [2.24, 2.45) is 0 Å². The van der Waals surface area contributed by atoms with Crippen LogP contribution in [0.3, 0.4) is 0 Å². The number of piperazine rings is 1. The predicted octanol–water partition coefficient (Wildman–Crippen LogP) is 2.05. The lowest BCUT2D eigenvalue weighted by atomic mass is 10.2. The largest absolute Gasteiger partial charge is 0.368 e. The molecule has 10 heteroatoms. The molecular formula is C16H19ClN6O2S. The first-order chi connectivity index (χ1) is 12.5. The number of amides is 3. The van der Waals surface area contributed by atoms with Crippen molar-refractivity contribution in [2.75, 3.05) is 36.4 Å². The average Bonchev–Trinajstić information content (AvgIpc) is 3.15. The number of carbonyl (C=O) groups is 2. The van der Waals surface area contributed by atoms with Gasteiger partial charge in [0, 0.05) is 36.9 Å². The summed E-state index contributed by atoms with van der Waals surface area (Å²) in [6, 6.07) is 6.74. The Bertz CT molecular complexity index is 747. The van der Waals surface area contributed by atoms with E-state index in [2.05, 4.69) is 25.7 Å². The number of nitrogens with one attached hydrogen (secondary N) is 2. The number of aromatic nitrogens is 2. The number of benzene rings is 1. The zero-order valence-corrected chi connectivity index (χ0v) is 15.8. The molecule has 8 nitrogen and oxygen atoms in total. The highest BCUT2D eigenvalue weighted by molar-refractivity contribution is 7.13. The van der Waals surface area contributed by atoms with Gasteiger partial charge in [0.25, 0.3) is 0 Å². The highest BCUT2D eigenvalue weighted by Crippen LogP contribution is 2.19. The maximum Gasteiger partial charge on any atom is 0.318 e. The zero-order chi connectivity index (χ0) is 18.5. The molecule has 1 fully saturated rings. The molecule has 0 aliphatic carbocycles. The van der Waals surface area contributed by atoms with Crippen LogP contribution in [0, 0.1) is 0 Å². The van der Waals surface area contributed by atoms with Crippen molar-refractivity contribution < 1.29 is 9.59 Å². The summed E-state index contributed by atoms with van der Waals surface area (Å²) in [6.45, 7) is 4.25. The van der Waals surface area contributed by atoms with Gasteiger partial charge >= 0.3 is 6.03 Å². The molecule has 0 spiro atoms. The Morgan fingerprint density at radius 3 is 2.50 bits per heavy atom. The van der Waals surface area contributed by atoms with E-state index in [9.17, 15) is 9.59 Å². The number of halogens is 1. The first-order valence-corrected chi connectivity index (χ1v) is 9.41. The number of anilines is 2. The van der Waals surface area contributed by atoms with Gasteiger partial charge in [0.15, 0.2) is 0 Å². The van der Waals surface area contributed by atoms with Gasteiger partial charge in [-0.05, 0) is 31.2 Å². The number of rotatable bonds is 4. The van der Waals surface area contributed by atoms with E-state index < -0.39 is 6.04 Å². The van der Waals surface area contributed by atoms with Crippen LogP contribution in [0.5, 0.6) is 0 Å². The summed E-state index contributed by atoms with van der Waals surface area (Å²) in [5, 5.41) is 13.8. The number of nitrogens with zero attached hydrogens (tertiary/aromatic N) is 4. The van der Waals surface area contributed by atoms with Crippen molar-refractivity contribution in [1.29, 1.82) is 0 Å². The molecule has 2 N–H and O–H groups in total. The monoisotopic (exact) mass is 394 g/mol. The smallest absolute Gasteiger partial charge is 0.318 e. The molecule has 1 saturated heterocycles. The standard InChI is InChI=1S/C16H19ClN6O2S/c1-11(14(24)20-15-21-18-10-26-15)19-16(25)23-8-6-22(7-9-23)13-4-2-12(17)3-5-13/h2-5,10-11H,6-9H2,1H3,(H,19,25)(H,20,21,24). The lowest BCUT2D eigenvalue weighted by Gasteiger charge is -2.36. The summed E-state index contributed by atoms with van der Waals surface area (Å²) in [5.74, 6) is -0.324. The maximum atomic E-state index is 12.4. The van der Waals surface area contributed by atoms with E-state index in [4.69, 9.17) is 11.6 Å². The second kappa shape index (κ2) is 8.33. The van der Waals surface area contributed by atoms with Crippen molar-refractivity contribution in [3.05, 3.63) is 34.8 Å². The fraction of sp³-hybridized carbons (Fsp3) is 0.375. The van der Waals surface area contributed by atoms with Gasteiger partial charge in [0.1, 0.15) is 11.6 Å². The lowest BCUT2D eigenvalue weighted by Crippen LogP contribution is -2.54. The topological polar surface area (TPSA) is 90.5 Å². The molecule has 138 valence electrons. The van der Waals surface area contributed by atoms with E-state index in [0.717, 1.165) is 18.8 Å². The van der Waals surface area contributed by atoms with E-state index in [1.54, 1.807) is 11.8 Å². The number of urea groups is 1. The molecule has 2 heterocycles. The first kappa shape index (κ1) is 18.4. The van der Waals surface area contributed by atoms with Gasteiger partial charge in [-0.2, -0.15) is 0 Å². The van der Waals surface area contributed by atoms with Crippen molar-refractivity contribution >= 4 is 45.7 Å². The minimum absolute atomic E-state index is 0.249. The third-order valence-corrected chi connectivity index (χ3v) is 4.94. The van der Waals surface area contributed by atoms with Crippen LogP contribution in [-0.2, 0) is 4.79 Å². The highest BCUT2D eigenvalue weighted by Gasteiger charge is 2.24. The predicted molar refractivity (Wildman–Crippen MR) is 102 cm³/mol. The van der Waals surface area contributed by atoms with E-state index in [1.807, 2.05) is 24.3 Å². The molecule has 2 aromatic rings. The van der Waals surface area contributed by atoms with Crippen LogP contribution in [0.4, 0.5) is 15.6 Å². The molecule has 1 aliphatic heterocycles. The molecule has 1 aliphatic rings. The summed E-state index contributed by atoms with van der Waals surface area (Å²) < 4.78 is 0. The molecule has 3 amide bonds. The zero-order valence-electron chi connectivity index (χ0n) is 14.2. The quantitative estimate of drug-likeness (QED) is 0.828. The average molecular weight is 395 g/mol. The Labute approximate surface area is 160 Å². The Morgan fingerprint density at radius 2 is 1.88 bits per heavy atom. The van der Waals surface area contributed by atoms with Crippen LogP contribution in [0.15, 0.2) is 29.8 Å². The van der Waals surface area contributed by atoms with E-state index >= 15 is 0 Å². The molecule has 1 unspecified atom stereocenters. The van der Waals surface area contributed by atoms with Gasteiger partial charge in [0.05, 0.1) is 0 Å². The van der Waals surface area contributed by atoms with Gasteiger partial charge in [0.2, 0.25) is 11.0 Å². The first-order valence-electron chi connectivity index (χ1n) is 8.16. The van der Waals surface area contributed by atoms with Crippen LogP contribution in [0.2, 0.25) is 5.02 Å². The molecule has 1 aromatic carbocycles. The number of hydrogen-bond acceptors (Lipinski definition) is 6. The molecule has 1 atom stereocenters. The molecule has 0 saturated carbocycles. The third kappa shape index (κ3) is 4.61. The third-order valence-electron chi connectivity index (χ3n) is 4.08. The summed E-state index contributed by atoms with van der Waals surface area (Å²) in [6.07, 6.45) is 0. The van der Waals surface area contributed by atoms with Crippen LogP contribution in [0.25, 0.3) is 0 Å². The van der Waals surface area contributed by atoms with Crippen molar-refractivity contribution in [3.8, 4) is 0 Å². The second-order valence-corrected chi connectivity index (χ2v) is 7.12. The normalized spacial score (nSPS) is 15.5. The van der Waals surface area contributed by atoms with Crippen LogP contribution < -0.4 is 15.5 Å². The Balaban J connectivity index is 1.47. The highest BCUT2D eigenvalue weighted by atomic mass is 35.5. The molecule has 0 bridgehead atoms. The minimum Gasteiger partial charge on any atom is -0.368 e. The van der Waals surface area contributed by atoms with E-state index in [-0.39, 0.29) is 11.9 Å². The number of hydrogen-bond donors (Lipinski definition) is 2. The van der Waals surface area contributed by atoms with Gasteiger partial charge in [-0.25, -0.2) is 4.79 Å². The van der Waals surface area contributed by atoms with E-state index in [1.165, 1.54) is 16.8 Å². The molecular weight excluding hydrogens is 376 g/mol. The summed E-state index contributed by atoms with van der Waals surface area (Å²) in [5.41, 5.74) is 2.61. The molecule has 0 radical (unpaired) electrons. The van der Waals surface area contributed by atoms with Crippen molar-refractivity contribution in [2.45, 2.75) is 13.0 Å². The summed E-state index contributed by atoms with van der Waals surface area (Å²) in [7, 11) is 0. The van der Waals surface area contributed by atoms with Gasteiger partial charge in [-0.3, -0.25) is 10.1 Å². The second-order valence-electron chi connectivity index (χ2n) is 5.85. The van der Waals surface area contributed by atoms with Crippen molar-refractivity contribution in [1.82, 2.24) is 20.4 Å². The van der Waals surface area contributed by atoms with Crippen molar-refractivity contribution in [3.63, 3.8) is 0 Å². The summed E-state index contributed by atoms with van der Waals surface area (Å²) >= 11 is 7.14. The summed E-state index contributed by atoms with van der Waals surface area (Å²) in [4.78, 5) is 28.4. The van der Waals surface area contributed by atoms with Crippen LogP contribution >= 0.6 is 22.9 Å². The van der Waals surface area contributed by atoms with Gasteiger partial charge in [-0.15, -0.1) is 10.2 Å². The molecule has 3 rings (SSSR count).